The van der Waals surface area contributed by atoms with Crippen molar-refractivity contribution in [2.24, 2.45) is 17.8 Å². The van der Waals surface area contributed by atoms with Crippen LogP contribution in [0, 0.1) is 24.7 Å². The van der Waals surface area contributed by atoms with Gasteiger partial charge in [0.15, 0.2) is 5.78 Å². The quantitative estimate of drug-likeness (QED) is 0.660. The van der Waals surface area contributed by atoms with E-state index < -0.39 is 0 Å². The fraction of sp³-hybridized carbons (Fsp3) is 0.625. The number of hydrogen-bond donors (Lipinski definition) is 0. The first-order valence-electron chi connectivity index (χ1n) is 11.8. The van der Waals surface area contributed by atoms with E-state index in [0.29, 0.717) is 18.0 Å². The Morgan fingerprint density at radius 1 is 0.806 bits per heavy atom. The molecule has 7 nitrogen and oxygen atoms in total. The Hall–Kier alpha value is -2.57. The topological polar surface area (TPSA) is 75.1 Å². The van der Waals surface area contributed by atoms with Crippen LogP contribution in [0.15, 0.2) is 24.8 Å². The molecule has 3 fully saturated rings. The van der Waals surface area contributed by atoms with Gasteiger partial charge in [-0.15, -0.1) is 0 Å². The Balaban J connectivity index is 1.10. The van der Waals surface area contributed by atoms with Crippen molar-refractivity contribution in [2.45, 2.75) is 51.9 Å². The van der Waals surface area contributed by atoms with Crippen LogP contribution < -0.4 is 9.80 Å². The van der Waals surface area contributed by atoms with Crippen LogP contribution in [0.1, 0.15) is 61.0 Å². The molecule has 0 amide bonds. The van der Waals surface area contributed by atoms with Crippen molar-refractivity contribution < 1.29 is 4.79 Å². The molecule has 1 saturated carbocycles. The highest BCUT2D eigenvalue weighted by Gasteiger charge is 2.31. The van der Waals surface area contributed by atoms with Crippen LogP contribution in [0.2, 0.25) is 0 Å². The molecular formula is C24H32N6O. The Labute approximate surface area is 184 Å². The number of ketones is 1. The van der Waals surface area contributed by atoms with E-state index in [1.807, 2.05) is 19.3 Å². The smallest absolute Gasteiger partial charge is 0.225 e. The highest BCUT2D eigenvalue weighted by molar-refractivity contribution is 5.94. The number of anilines is 2. The van der Waals surface area contributed by atoms with E-state index in [2.05, 4.69) is 29.7 Å². The summed E-state index contributed by atoms with van der Waals surface area (Å²) in [5.41, 5.74) is 1.63. The number of carbonyl (C=O) groups excluding carboxylic acids is 1. The van der Waals surface area contributed by atoms with Crippen molar-refractivity contribution in [3.8, 4) is 0 Å². The van der Waals surface area contributed by atoms with Crippen LogP contribution in [0.3, 0.4) is 0 Å². The minimum Gasteiger partial charge on any atom is -0.355 e. The SMILES string of the molecule is Cc1cnc(N2CCC(C3CCN(c4cnc(C(=O)CC5CC5)cn4)CC3)CC2)nc1. The highest BCUT2D eigenvalue weighted by atomic mass is 16.1. The first-order chi connectivity index (χ1) is 15.2. The largest absolute Gasteiger partial charge is 0.355 e. The zero-order valence-corrected chi connectivity index (χ0v) is 18.4. The summed E-state index contributed by atoms with van der Waals surface area (Å²) < 4.78 is 0. The number of nitrogens with zero attached hydrogens (tertiary/aromatic N) is 6. The normalized spacial score (nSPS) is 20.8. The minimum absolute atomic E-state index is 0.141. The third-order valence-electron chi connectivity index (χ3n) is 7.21. The lowest BCUT2D eigenvalue weighted by Gasteiger charge is -2.40. The summed E-state index contributed by atoms with van der Waals surface area (Å²) in [5, 5.41) is 0. The van der Waals surface area contributed by atoms with Gasteiger partial charge in [-0.1, -0.05) is 0 Å². The van der Waals surface area contributed by atoms with Crippen LogP contribution >= 0.6 is 0 Å². The Bertz CT molecular complexity index is 879. The average Bonchev–Trinajstić information content (AvgIpc) is 3.64. The molecule has 0 unspecified atom stereocenters. The number of carbonyl (C=O) groups is 1. The predicted molar refractivity (Wildman–Crippen MR) is 120 cm³/mol. The van der Waals surface area contributed by atoms with Crippen molar-refractivity contribution in [3.05, 3.63) is 36.0 Å². The summed E-state index contributed by atoms with van der Waals surface area (Å²) >= 11 is 0. The first kappa shape index (κ1) is 20.3. The molecule has 164 valence electrons. The van der Waals surface area contributed by atoms with Gasteiger partial charge in [-0.05, 0) is 68.8 Å². The second-order valence-electron chi connectivity index (χ2n) is 9.54. The molecule has 2 aliphatic heterocycles. The van der Waals surface area contributed by atoms with E-state index in [0.717, 1.165) is 55.3 Å². The van der Waals surface area contributed by atoms with Gasteiger partial charge in [-0.2, -0.15) is 0 Å². The number of aryl methyl sites for hydroxylation is 1. The zero-order valence-electron chi connectivity index (χ0n) is 18.4. The van der Waals surface area contributed by atoms with E-state index in [-0.39, 0.29) is 5.78 Å². The second kappa shape index (κ2) is 8.89. The monoisotopic (exact) mass is 420 g/mol. The lowest BCUT2D eigenvalue weighted by atomic mass is 9.79. The molecule has 0 N–H and O–H groups in total. The lowest BCUT2D eigenvalue weighted by molar-refractivity contribution is 0.0971. The molecule has 2 aromatic rings. The van der Waals surface area contributed by atoms with Gasteiger partial charge in [0, 0.05) is 45.0 Å². The number of Topliss-reactive ketones (excluding diaryl/α,β-unsaturated/α-hetero) is 1. The van der Waals surface area contributed by atoms with Crippen molar-refractivity contribution >= 4 is 17.5 Å². The Morgan fingerprint density at radius 2 is 1.42 bits per heavy atom. The maximum Gasteiger partial charge on any atom is 0.225 e. The van der Waals surface area contributed by atoms with E-state index >= 15 is 0 Å². The fourth-order valence-electron chi connectivity index (χ4n) is 5.04. The van der Waals surface area contributed by atoms with E-state index in [1.165, 1.54) is 38.5 Å². The van der Waals surface area contributed by atoms with Gasteiger partial charge in [0.05, 0.1) is 12.4 Å². The molecule has 31 heavy (non-hydrogen) atoms. The average molecular weight is 421 g/mol. The molecule has 7 heteroatoms. The van der Waals surface area contributed by atoms with Gasteiger partial charge >= 0.3 is 0 Å². The molecule has 3 aliphatic rings. The lowest BCUT2D eigenvalue weighted by Crippen LogP contribution is -2.41. The predicted octanol–water partition coefficient (Wildman–Crippen LogP) is 3.69. The van der Waals surface area contributed by atoms with Crippen molar-refractivity contribution in [3.63, 3.8) is 0 Å². The van der Waals surface area contributed by atoms with Gasteiger partial charge in [-0.3, -0.25) is 4.79 Å². The van der Waals surface area contributed by atoms with Gasteiger partial charge in [0.1, 0.15) is 11.5 Å². The first-order valence-corrected chi connectivity index (χ1v) is 11.8. The molecule has 1 aliphatic carbocycles. The molecule has 0 bridgehead atoms. The molecule has 0 spiro atoms. The summed E-state index contributed by atoms with van der Waals surface area (Å²) in [6, 6.07) is 0. The van der Waals surface area contributed by atoms with Crippen LogP contribution in [0.25, 0.3) is 0 Å². The third-order valence-corrected chi connectivity index (χ3v) is 7.21. The maximum absolute atomic E-state index is 12.2. The van der Waals surface area contributed by atoms with Gasteiger partial charge in [0.2, 0.25) is 5.95 Å². The van der Waals surface area contributed by atoms with E-state index in [9.17, 15) is 4.79 Å². The van der Waals surface area contributed by atoms with Crippen LogP contribution in [0.5, 0.6) is 0 Å². The minimum atomic E-state index is 0.141. The highest BCUT2D eigenvalue weighted by Crippen LogP contribution is 2.35. The zero-order chi connectivity index (χ0) is 21.2. The van der Waals surface area contributed by atoms with E-state index in [1.54, 1.807) is 12.4 Å². The molecule has 0 atom stereocenters. The molecule has 2 saturated heterocycles. The Kier molecular flexibility index (Phi) is 5.83. The summed E-state index contributed by atoms with van der Waals surface area (Å²) in [7, 11) is 0. The number of rotatable bonds is 6. The molecule has 0 radical (unpaired) electrons. The van der Waals surface area contributed by atoms with Gasteiger partial charge < -0.3 is 9.80 Å². The van der Waals surface area contributed by atoms with Crippen LogP contribution in [0.4, 0.5) is 11.8 Å². The third kappa shape index (κ3) is 4.86. The fourth-order valence-corrected chi connectivity index (χ4v) is 5.04. The summed E-state index contributed by atoms with van der Waals surface area (Å²) in [6.45, 7) is 6.18. The van der Waals surface area contributed by atoms with Crippen molar-refractivity contribution in [1.82, 2.24) is 19.9 Å². The number of hydrogen-bond acceptors (Lipinski definition) is 7. The molecule has 0 aromatic carbocycles. The maximum atomic E-state index is 12.2. The summed E-state index contributed by atoms with van der Waals surface area (Å²) in [6.07, 6.45) is 15.1. The summed E-state index contributed by atoms with van der Waals surface area (Å²) in [4.78, 5) is 34.8. The van der Waals surface area contributed by atoms with Crippen LogP contribution in [-0.4, -0.2) is 51.9 Å². The van der Waals surface area contributed by atoms with E-state index in [4.69, 9.17) is 0 Å². The Morgan fingerprint density at radius 3 is 1.97 bits per heavy atom. The van der Waals surface area contributed by atoms with Crippen molar-refractivity contribution in [1.29, 1.82) is 0 Å². The van der Waals surface area contributed by atoms with Gasteiger partial charge in [-0.25, -0.2) is 19.9 Å². The molecule has 4 heterocycles. The molecular weight excluding hydrogens is 388 g/mol. The number of aromatic nitrogens is 4. The van der Waals surface area contributed by atoms with Crippen LogP contribution in [-0.2, 0) is 0 Å². The second-order valence-corrected chi connectivity index (χ2v) is 9.54. The molecule has 2 aromatic heterocycles. The molecule has 5 rings (SSSR count). The van der Waals surface area contributed by atoms with Gasteiger partial charge in [0.25, 0.3) is 0 Å². The number of piperidine rings is 2. The summed E-state index contributed by atoms with van der Waals surface area (Å²) in [5.74, 6) is 4.08. The standard InChI is InChI=1S/C24H32N6O/c1-17-13-27-24(28-14-17)30-10-6-20(7-11-30)19-4-8-29(9-5-19)23-16-25-21(15-26-23)22(31)12-18-2-3-18/h13-16,18-20H,2-12H2,1H3. The van der Waals surface area contributed by atoms with Crippen molar-refractivity contribution in [2.75, 3.05) is 36.0 Å².